The minimum Gasteiger partial charge on any atom is -0.391 e. The van der Waals surface area contributed by atoms with E-state index in [-0.39, 0.29) is 33.5 Å². The van der Waals surface area contributed by atoms with Crippen molar-refractivity contribution in [3.63, 3.8) is 0 Å². The average Bonchev–Trinajstić information content (AvgIpc) is 2.87. The molecule has 0 aliphatic carbocycles. The van der Waals surface area contributed by atoms with Crippen molar-refractivity contribution in [3.8, 4) is 17.2 Å². The van der Waals surface area contributed by atoms with Crippen molar-refractivity contribution in [1.82, 2.24) is 21.0 Å². The number of benzene rings is 2. The summed E-state index contributed by atoms with van der Waals surface area (Å²) in [4.78, 5) is 36.8. The van der Waals surface area contributed by atoms with Gasteiger partial charge in [0.15, 0.2) is 0 Å². The molecule has 2 atom stereocenters. The number of hydrogen-bond donors (Lipinski definition) is 5. The lowest BCUT2D eigenvalue weighted by Gasteiger charge is -2.22. The normalized spacial score (nSPS) is 11.8. The highest BCUT2D eigenvalue weighted by atomic mass is 16.5. The van der Waals surface area contributed by atoms with Gasteiger partial charge in [0.25, 0.3) is 5.91 Å². The van der Waals surface area contributed by atoms with Crippen LogP contribution in [0, 0.1) is 11.3 Å². The Kier molecular flexibility index (Phi) is 12.7. The number of nitrogens with zero attached hydrogens (tertiary/aromatic N) is 2. The fourth-order valence-corrected chi connectivity index (χ4v) is 3.19. The van der Waals surface area contributed by atoms with Gasteiger partial charge in [0, 0.05) is 18.7 Å². The number of carbonyl (C=O) groups excluding carboxylic acids is 3. The zero-order valence-corrected chi connectivity index (χ0v) is 19.8. The molecule has 0 unspecified atom stereocenters. The molecule has 2 rings (SSSR count). The van der Waals surface area contributed by atoms with Gasteiger partial charge in [-0.15, -0.1) is 0 Å². The molecule has 0 bridgehead atoms. The summed E-state index contributed by atoms with van der Waals surface area (Å²) in [6, 6.07) is 14.9. The number of rotatable bonds is 11. The highest BCUT2D eigenvalue weighted by molar-refractivity contribution is 5.98. The van der Waals surface area contributed by atoms with Gasteiger partial charge in [-0.05, 0) is 42.2 Å². The van der Waals surface area contributed by atoms with Crippen LogP contribution in [0.3, 0.4) is 0 Å². The van der Waals surface area contributed by atoms with Crippen molar-refractivity contribution < 1.29 is 24.7 Å². The van der Waals surface area contributed by atoms with Crippen LogP contribution in [0.15, 0.2) is 48.5 Å². The van der Waals surface area contributed by atoms with Gasteiger partial charge < -0.3 is 21.1 Å². The summed E-state index contributed by atoms with van der Waals surface area (Å²) < 4.78 is 0. The van der Waals surface area contributed by atoms with Gasteiger partial charge in [0.1, 0.15) is 6.04 Å². The maximum absolute atomic E-state index is 12.7. The summed E-state index contributed by atoms with van der Waals surface area (Å²) in [7, 11) is 0. The van der Waals surface area contributed by atoms with E-state index in [4.69, 9.17) is 5.26 Å². The van der Waals surface area contributed by atoms with Crippen molar-refractivity contribution >= 4 is 17.8 Å². The van der Waals surface area contributed by atoms with E-state index in [2.05, 4.69) is 35.0 Å². The van der Waals surface area contributed by atoms with Gasteiger partial charge in [-0.1, -0.05) is 50.7 Å². The largest absolute Gasteiger partial charge is 0.391 e. The van der Waals surface area contributed by atoms with E-state index in [1.54, 1.807) is 12.1 Å². The Morgan fingerprint density at radius 1 is 1.00 bits per heavy atom. The SMILES string of the molecule is C.CCc1ccc(-c2ccc(C(=O)N[C@H](C(=O)NCCN(O)C(=O)NCCC#N)[C@@H](C)O)cc2)cc1. The molecule has 5 N–H and O–H groups in total. The van der Waals surface area contributed by atoms with Gasteiger partial charge >= 0.3 is 6.03 Å². The summed E-state index contributed by atoms with van der Waals surface area (Å²) in [5, 5.41) is 35.8. The number of hydrogen-bond acceptors (Lipinski definition) is 6. The summed E-state index contributed by atoms with van der Waals surface area (Å²) >= 11 is 0. The molecule has 4 amide bonds. The molecule has 0 aliphatic heterocycles. The van der Waals surface area contributed by atoms with Crippen molar-refractivity contribution in [2.45, 2.75) is 46.3 Å². The molecule has 36 heavy (non-hydrogen) atoms. The first-order chi connectivity index (χ1) is 16.8. The molecule has 0 spiro atoms. The standard InChI is InChI=1S/C25H31N5O5.CH4/c1-3-18-5-7-19(8-6-18)20-9-11-21(12-10-20)23(32)29-22(17(2)31)24(33)27-15-16-30(35)25(34)28-14-4-13-26;/h5-12,17,22,31,35H,3-4,14-16H2,1-2H3,(H,27,33)(H,28,34)(H,29,32);1H4/t17-,22+;/m1./s1. The molecule has 0 aliphatic rings. The number of aliphatic hydroxyl groups excluding tert-OH is 1. The Labute approximate surface area is 211 Å². The summed E-state index contributed by atoms with van der Waals surface area (Å²) in [6.45, 7) is 3.19. The van der Waals surface area contributed by atoms with Crippen LogP contribution in [0.25, 0.3) is 11.1 Å². The van der Waals surface area contributed by atoms with Crippen molar-refractivity contribution in [3.05, 3.63) is 59.7 Å². The topological polar surface area (TPSA) is 155 Å². The predicted octanol–water partition coefficient (Wildman–Crippen LogP) is 2.46. The molecule has 0 fully saturated rings. The molecule has 2 aromatic carbocycles. The zero-order chi connectivity index (χ0) is 25.8. The molecule has 0 saturated heterocycles. The molecular weight excluding hydrogens is 462 g/mol. The number of carbonyl (C=O) groups is 3. The molecule has 0 saturated carbocycles. The third-order valence-electron chi connectivity index (χ3n) is 5.26. The number of hydroxylamine groups is 2. The van der Waals surface area contributed by atoms with Crippen molar-refractivity contribution in [1.29, 1.82) is 5.26 Å². The first-order valence-electron chi connectivity index (χ1n) is 11.3. The molecule has 0 radical (unpaired) electrons. The van der Waals surface area contributed by atoms with E-state index in [9.17, 15) is 24.7 Å². The number of aryl methyl sites for hydroxylation is 1. The van der Waals surface area contributed by atoms with Crippen LogP contribution >= 0.6 is 0 Å². The van der Waals surface area contributed by atoms with Crippen LogP contribution in [0.2, 0.25) is 0 Å². The Morgan fingerprint density at radius 2 is 1.58 bits per heavy atom. The Morgan fingerprint density at radius 3 is 2.11 bits per heavy atom. The second kappa shape index (κ2) is 15.1. The van der Waals surface area contributed by atoms with E-state index in [1.165, 1.54) is 12.5 Å². The lowest BCUT2D eigenvalue weighted by molar-refractivity contribution is -0.125. The van der Waals surface area contributed by atoms with Gasteiger partial charge in [0.05, 0.1) is 25.1 Å². The smallest absolute Gasteiger partial charge is 0.341 e. The predicted molar refractivity (Wildman–Crippen MR) is 136 cm³/mol. The number of amides is 4. The minimum atomic E-state index is -1.24. The fourth-order valence-electron chi connectivity index (χ4n) is 3.19. The summed E-state index contributed by atoms with van der Waals surface area (Å²) in [6.07, 6.45) is -0.135. The Balaban J connectivity index is 0.00000648. The quantitative estimate of drug-likeness (QED) is 0.182. The van der Waals surface area contributed by atoms with E-state index in [1.807, 2.05) is 30.3 Å². The lowest BCUT2D eigenvalue weighted by Crippen LogP contribution is -2.53. The maximum Gasteiger partial charge on any atom is 0.341 e. The molecule has 10 heteroatoms. The molecule has 194 valence electrons. The molecular formula is C26H35N5O5. The highest BCUT2D eigenvalue weighted by Gasteiger charge is 2.26. The number of urea groups is 1. The summed E-state index contributed by atoms with van der Waals surface area (Å²) in [5.41, 5.74) is 3.53. The third kappa shape index (κ3) is 9.02. The second-order valence-electron chi connectivity index (χ2n) is 7.87. The first-order valence-corrected chi connectivity index (χ1v) is 11.3. The van der Waals surface area contributed by atoms with Gasteiger partial charge in [0.2, 0.25) is 5.91 Å². The van der Waals surface area contributed by atoms with E-state index in [0.29, 0.717) is 10.6 Å². The number of nitrogens with one attached hydrogen (secondary N) is 3. The molecule has 2 aromatic rings. The fraction of sp³-hybridized carbons (Fsp3) is 0.385. The zero-order valence-electron chi connectivity index (χ0n) is 19.8. The van der Waals surface area contributed by atoms with E-state index >= 15 is 0 Å². The molecule has 0 heterocycles. The van der Waals surface area contributed by atoms with Gasteiger partial charge in [-0.2, -0.15) is 5.26 Å². The Bertz CT molecular complexity index is 1030. The van der Waals surface area contributed by atoms with Crippen LogP contribution < -0.4 is 16.0 Å². The van der Waals surface area contributed by atoms with Crippen LogP contribution in [0.5, 0.6) is 0 Å². The maximum atomic E-state index is 12.7. The minimum absolute atomic E-state index is 0. The summed E-state index contributed by atoms with van der Waals surface area (Å²) in [5.74, 6) is -1.20. The van der Waals surface area contributed by atoms with Crippen molar-refractivity contribution in [2.24, 2.45) is 0 Å². The van der Waals surface area contributed by atoms with E-state index < -0.39 is 30.0 Å². The van der Waals surface area contributed by atoms with Crippen LogP contribution in [-0.4, -0.2) is 65.0 Å². The van der Waals surface area contributed by atoms with Crippen LogP contribution in [0.1, 0.15) is 43.6 Å². The van der Waals surface area contributed by atoms with Crippen molar-refractivity contribution in [2.75, 3.05) is 19.6 Å². The monoisotopic (exact) mass is 497 g/mol. The highest BCUT2D eigenvalue weighted by Crippen LogP contribution is 2.20. The van der Waals surface area contributed by atoms with Gasteiger partial charge in [-0.3, -0.25) is 14.8 Å². The third-order valence-corrected chi connectivity index (χ3v) is 5.26. The van der Waals surface area contributed by atoms with Crippen LogP contribution in [0.4, 0.5) is 4.79 Å². The number of nitriles is 1. The number of aliphatic hydroxyl groups is 1. The first kappa shape index (κ1) is 30.1. The van der Waals surface area contributed by atoms with E-state index in [0.717, 1.165) is 17.5 Å². The molecule has 0 aromatic heterocycles. The second-order valence-corrected chi connectivity index (χ2v) is 7.87. The Hall–Kier alpha value is -3.94. The lowest BCUT2D eigenvalue weighted by atomic mass is 10.0. The molecule has 10 nitrogen and oxygen atoms in total. The van der Waals surface area contributed by atoms with Gasteiger partial charge in [-0.25, -0.2) is 9.86 Å². The van der Waals surface area contributed by atoms with Crippen LogP contribution in [-0.2, 0) is 11.2 Å². The average molecular weight is 498 g/mol.